The van der Waals surface area contributed by atoms with Crippen LogP contribution in [0, 0.1) is 0 Å². The first-order valence-corrected chi connectivity index (χ1v) is 7.10. The fourth-order valence-corrected chi connectivity index (χ4v) is 2.28. The average molecular weight is 240 g/mol. The van der Waals surface area contributed by atoms with Crippen LogP contribution in [0.2, 0.25) is 0 Å². The van der Waals surface area contributed by atoms with Gasteiger partial charge >= 0.3 is 0 Å². The number of likely N-dealkylation sites (N-methyl/N-ethyl adjacent to an activating group) is 1. The largest absolute Gasteiger partial charge is 0.315 e. The van der Waals surface area contributed by atoms with Crippen LogP contribution >= 0.6 is 11.3 Å². The highest BCUT2D eigenvalue weighted by Crippen LogP contribution is 2.05. The quantitative estimate of drug-likeness (QED) is 0.703. The van der Waals surface area contributed by atoms with Crippen molar-refractivity contribution in [3.8, 4) is 0 Å². The molecule has 0 aliphatic heterocycles. The Hall–Kier alpha value is -0.380. The van der Waals surface area contributed by atoms with Crippen LogP contribution in [-0.4, -0.2) is 37.6 Å². The molecule has 0 spiro atoms. The zero-order valence-electron chi connectivity index (χ0n) is 10.7. The van der Waals surface area contributed by atoms with E-state index in [9.17, 15) is 0 Å². The SMILES string of the molecule is CCC(C)N(C)CCNCCc1ccsc1. The first-order valence-electron chi connectivity index (χ1n) is 6.16. The lowest BCUT2D eigenvalue weighted by molar-refractivity contribution is 0.252. The van der Waals surface area contributed by atoms with E-state index in [0.29, 0.717) is 6.04 Å². The van der Waals surface area contributed by atoms with E-state index < -0.39 is 0 Å². The molecule has 0 bridgehead atoms. The monoisotopic (exact) mass is 240 g/mol. The Morgan fingerprint density at radius 1 is 1.44 bits per heavy atom. The molecule has 0 aliphatic rings. The molecule has 1 N–H and O–H groups in total. The molecule has 0 saturated carbocycles. The van der Waals surface area contributed by atoms with Crippen LogP contribution in [0.1, 0.15) is 25.8 Å². The van der Waals surface area contributed by atoms with Crippen molar-refractivity contribution in [3.05, 3.63) is 22.4 Å². The standard InChI is InChI=1S/C13H24N2S/c1-4-12(2)15(3)9-8-14-7-5-13-6-10-16-11-13/h6,10-12,14H,4-5,7-9H2,1-3H3. The number of nitrogens with one attached hydrogen (secondary N) is 1. The molecular weight excluding hydrogens is 216 g/mol. The van der Waals surface area contributed by atoms with Crippen molar-refractivity contribution in [1.29, 1.82) is 0 Å². The van der Waals surface area contributed by atoms with Crippen LogP contribution in [0.3, 0.4) is 0 Å². The summed E-state index contributed by atoms with van der Waals surface area (Å²) in [6.45, 7) is 7.84. The average Bonchev–Trinajstić information content (AvgIpc) is 2.80. The van der Waals surface area contributed by atoms with E-state index in [0.717, 1.165) is 26.1 Å². The molecule has 0 aliphatic carbocycles. The van der Waals surface area contributed by atoms with Crippen LogP contribution < -0.4 is 5.32 Å². The Labute approximate surface area is 104 Å². The lowest BCUT2D eigenvalue weighted by atomic mass is 10.2. The summed E-state index contributed by atoms with van der Waals surface area (Å²) >= 11 is 1.78. The Morgan fingerprint density at radius 2 is 2.25 bits per heavy atom. The van der Waals surface area contributed by atoms with Crippen molar-refractivity contribution in [1.82, 2.24) is 10.2 Å². The number of nitrogens with zero attached hydrogens (tertiary/aromatic N) is 1. The summed E-state index contributed by atoms with van der Waals surface area (Å²) in [5, 5.41) is 7.87. The van der Waals surface area contributed by atoms with Crippen LogP contribution in [0.4, 0.5) is 0 Å². The van der Waals surface area contributed by atoms with Gasteiger partial charge in [-0.25, -0.2) is 0 Å². The van der Waals surface area contributed by atoms with Crippen molar-refractivity contribution in [2.45, 2.75) is 32.7 Å². The van der Waals surface area contributed by atoms with Crippen molar-refractivity contribution >= 4 is 11.3 Å². The van der Waals surface area contributed by atoms with Crippen molar-refractivity contribution in [2.24, 2.45) is 0 Å². The van der Waals surface area contributed by atoms with Gasteiger partial charge in [0.2, 0.25) is 0 Å². The molecule has 0 aromatic carbocycles. The lowest BCUT2D eigenvalue weighted by Gasteiger charge is -2.23. The number of hydrogen-bond acceptors (Lipinski definition) is 3. The molecule has 0 radical (unpaired) electrons. The summed E-state index contributed by atoms with van der Waals surface area (Å²) in [6, 6.07) is 2.90. The molecule has 1 rings (SSSR count). The van der Waals surface area contributed by atoms with E-state index in [1.54, 1.807) is 11.3 Å². The highest BCUT2D eigenvalue weighted by atomic mass is 32.1. The molecule has 1 aromatic heterocycles. The molecule has 1 unspecified atom stereocenters. The molecule has 92 valence electrons. The van der Waals surface area contributed by atoms with Gasteiger partial charge in [0.05, 0.1) is 0 Å². The van der Waals surface area contributed by atoms with Gasteiger partial charge in [0.25, 0.3) is 0 Å². The minimum atomic E-state index is 0.693. The second-order valence-corrected chi connectivity index (χ2v) is 5.15. The van der Waals surface area contributed by atoms with Gasteiger partial charge in [-0.15, -0.1) is 0 Å². The van der Waals surface area contributed by atoms with Gasteiger partial charge < -0.3 is 10.2 Å². The van der Waals surface area contributed by atoms with E-state index in [4.69, 9.17) is 0 Å². The number of rotatable bonds is 8. The fraction of sp³-hybridized carbons (Fsp3) is 0.692. The highest BCUT2D eigenvalue weighted by molar-refractivity contribution is 7.07. The van der Waals surface area contributed by atoms with Crippen molar-refractivity contribution < 1.29 is 0 Å². The summed E-state index contributed by atoms with van der Waals surface area (Å²) in [4.78, 5) is 2.41. The smallest absolute Gasteiger partial charge is 0.0107 e. The zero-order valence-corrected chi connectivity index (χ0v) is 11.5. The minimum absolute atomic E-state index is 0.693. The van der Waals surface area contributed by atoms with E-state index >= 15 is 0 Å². The normalized spacial score (nSPS) is 13.2. The van der Waals surface area contributed by atoms with E-state index in [2.05, 4.69) is 47.9 Å². The predicted molar refractivity (Wildman–Crippen MR) is 73.3 cm³/mol. The fourth-order valence-electron chi connectivity index (χ4n) is 1.58. The first-order chi connectivity index (χ1) is 7.74. The molecule has 0 fully saturated rings. The van der Waals surface area contributed by atoms with Gasteiger partial charge in [-0.3, -0.25) is 0 Å². The molecule has 0 saturated heterocycles. The van der Waals surface area contributed by atoms with Crippen LogP contribution in [0.25, 0.3) is 0 Å². The van der Waals surface area contributed by atoms with Gasteiger partial charge in [0.15, 0.2) is 0 Å². The predicted octanol–water partition coefficient (Wildman–Crippen LogP) is 2.61. The third kappa shape index (κ3) is 5.10. The minimum Gasteiger partial charge on any atom is -0.315 e. The molecule has 3 heteroatoms. The molecule has 0 amide bonds. The molecule has 2 nitrogen and oxygen atoms in total. The van der Waals surface area contributed by atoms with Crippen molar-refractivity contribution in [3.63, 3.8) is 0 Å². The maximum Gasteiger partial charge on any atom is 0.0107 e. The second-order valence-electron chi connectivity index (χ2n) is 4.37. The first kappa shape index (κ1) is 13.7. The van der Waals surface area contributed by atoms with Crippen LogP contribution in [0.15, 0.2) is 16.8 Å². The lowest BCUT2D eigenvalue weighted by Crippen LogP contribution is -2.35. The summed E-state index contributed by atoms with van der Waals surface area (Å²) < 4.78 is 0. The third-order valence-electron chi connectivity index (χ3n) is 3.16. The summed E-state index contributed by atoms with van der Waals surface area (Å²) in [7, 11) is 2.20. The van der Waals surface area contributed by atoms with Gasteiger partial charge in [-0.05, 0) is 55.7 Å². The van der Waals surface area contributed by atoms with Crippen molar-refractivity contribution in [2.75, 3.05) is 26.7 Å². The molecule has 16 heavy (non-hydrogen) atoms. The highest BCUT2D eigenvalue weighted by Gasteiger charge is 2.04. The molecule has 1 heterocycles. The number of thiophene rings is 1. The van der Waals surface area contributed by atoms with Gasteiger partial charge in [0.1, 0.15) is 0 Å². The Morgan fingerprint density at radius 3 is 2.88 bits per heavy atom. The van der Waals surface area contributed by atoms with Gasteiger partial charge in [-0.2, -0.15) is 11.3 Å². The third-order valence-corrected chi connectivity index (χ3v) is 3.89. The van der Waals surface area contributed by atoms with Gasteiger partial charge in [-0.1, -0.05) is 6.92 Å². The summed E-state index contributed by atoms with van der Waals surface area (Å²) in [5.74, 6) is 0. The molecular formula is C13H24N2S. The summed E-state index contributed by atoms with van der Waals surface area (Å²) in [6.07, 6.45) is 2.38. The molecule has 1 aromatic rings. The zero-order chi connectivity index (χ0) is 11.8. The topological polar surface area (TPSA) is 15.3 Å². The second kappa shape index (κ2) is 7.82. The Balaban J connectivity index is 1.99. The van der Waals surface area contributed by atoms with Crippen LogP contribution in [0.5, 0.6) is 0 Å². The van der Waals surface area contributed by atoms with E-state index in [-0.39, 0.29) is 0 Å². The molecule has 1 atom stereocenters. The Bertz CT molecular complexity index is 259. The van der Waals surface area contributed by atoms with Gasteiger partial charge in [0, 0.05) is 19.1 Å². The maximum atomic E-state index is 3.50. The van der Waals surface area contributed by atoms with E-state index in [1.165, 1.54) is 12.0 Å². The number of hydrogen-bond donors (Lipinski definition) is 1. The Kier molecular flexibility index (Phi) is 6.69. The van der Waals surface area contributed by atoms with Crippen LogP contribution in [-0.2, 0) is 6.42 Å². The summed E-state index contributed by atoms with van der Waals surface area (Å²) in [5.41, 5.74) is 1.45. The maximum absolute atomic E-state index is 3.50. The van der Waals surface area contributed by atoms with E-state index in [1.807, 2.05) is 0 Å².